The number of aryl methyl sites for hydroxylation is 1. The van der Waals surface area contributed by atoms with E-state index in [2.05, 4.69) is 0 Å². The fourth-order valence-electron chi connectivity index (χ4n) is 3.22. The zero-order valence-electron chi connectivity index (χ0n) is 15.3. The monoisotopic (exact) mass is 355 g/mol. The number of hydrogen-bond acceptors (Lipinski definition) is 4. The number of ether oxygens (including phenoxy) is 3. The molecular formula is C21H25NO4. The van der Waals surface area contributed by atoms with Gasteiger partial charge >= 0.3 is 0 Å². The summed E-state index contributed by atoms with van der Waals surface area (Å²) >= 11 is 0. The van der Waals surface area contributed by atoms with Crippen LogP contribution in [0.3, 0.4) is 0 Å². The maximum atomic E-state index is 12.7. The van der Waals surface area contributed by atoms with Gasteiger partial charge in [0.05, 0.1) is 27.4 Å². The quantitative estimate of drug-likeness (QED) is 0.798. The third-order valence-electron chi connectivity index (χ3n) is 4.69. The van der Waals surface area contributed by atoms with Crippen LogP contribution in [-0.2, 0) is 16.0 Å². The van der Waals surface area contributed by atoms with E-state index < -0.39 is 0 Å². The molecule has 1 atom stereocenters. The number of carbonyl (C=O) groups excluding carboxylic acids is 1. The third-order valence-corrected chi connectivity index (χ3v) is 4.69. The Balaban J connectivity index is 1.61. The van der Waals surface area contributed by atoms with Gasteiger partial charge in [0.2, 0.25) is 5.91 Å². The molecule has 3 rings (SSSR count). The number of rotatable bonds is 6. The Bertz CT molecular complexity index is 732. The van der Waals surface area contributed by atoms with Crippen LogP contribution < -0.4 is 9.47 Å². The minimum absolute atomic E-state index is 0.0553. The van der Waals surface area contributed by atoms with Crippen LogP contribution in [0.25, 0.3) is 0 Å². The summed E-state index contributed by atoms with van der Waals surface area (Å²) in [5.74, 6) is 1.69. The number of methoxy groups -OCH3 is 2. The van der Waals surface area contributed by atoms with Crippen LogP contribution in [0, 0.1) is 0 Å². The molecule has 0 radical (unpaired) electrons. The van der Waals surface area contributed by atoms with Crippen LogP contribution in [0.4, 0.5) is 0 Å². The minimum atomic E-state index is -0.0553. The van der Waals surface area contributed by atoms with Crippen LogP contribution in [0.5, 0.6) is 11.5 Å². The molecule has 5 heteroatoms. The van der Waals surface area contributed by atoms with Crippen molar-refractivity contribution in [2.75, 3.05) is 33.9 Å². The first kappa shape index (κ1) is 18.3. The summed E-state index contributed by atoms with van der Waals surface area (Å²) in [7, 11) is 3.27. The van der Waals surface area contributed by atoms with Gasteiger partial charge in [-0.15, -0.1) is 0 Å². The van der Waals surface area contributed by atoms with E-state index in [0.29, 0.717) is 32.5 Å². The predicted molar refractivity (Wildman–Crippen MR) is 99.6 cm³/mol. The van der Waals surface area contributed by atoms with Gasteiger partial charge in [-0.1, -0.05) is 30.3 Å². The zero-order chi connectivity index (χ0) is 18.4. The van der Waals surface area contributed by atoms with E-state index in [4.69, 9.17) is 14.2 Å². The van der Waals surface area contributed by atoms with Gasteiger partial charge in [-0.3, -0.25) is 4.79 Å². The molecule has 0 aromatic heterocycles. The van der Waals surface area contributed by atoms with Crippen LogP contribution in [0.2, 0.25) is 0 Å². The highest BCUT2D eigenvalue weighted by Gasteiger charge is 2.25. The third kappa shape index (κ3) is 4.35. The Morgan fingerprint density at radius 3 is 2.69 bits per heavy atom. The second-order valence-corrected chi connectivity index (χ2v) is 6.29. The number of benzene rings is 2. The summed E-state index contributed by atoms with van der Waals surface area (Å²) in [6.45, 7) is 1.79. The molecule has 1 unspecified atom stereocenters. The number of hydrogen-bond donors (Lipinski definition) is 0. The standard InChI is InChI=1S/C21H25NO4/c1-24-18-9-10-19(25-2)17(14-18)8-11-21(23)22-12-13-26-20(15-22)16-6-4-3-5-7-16/h3-7,9-10,14,20H,8,11-13,15H2,1-2H3. The average Bonchev–Trinajstić information content (AvgIpc) is 2.72. The van der Waals surface area contributed by atoms with E-state index in [1.165, 1.54) is 0 Å². The summed E-state index contributed by atoms with van der Waals surface area (Å²) in [5, 5.41) is 0. The largest absolute Gasteiger partial charge is 0.497 e. The van der Waals surface area contributed by atoms with Crippen LogP contribution in [0.15, 0.2) is 48.5 Å². The highest BCUT2D eigenvalue weighted by Crippen LogP contribution is 2.26. The van der Waals surface area contributed by atoms with Crippen molar-refractivity contribution in [1.82, 2.24) is 4.90 Å². The van der Waals surface area contributed by atoms with Crippen molar-refractivity contribution < 1.29 is 19.0 Å². The molecule has 0 aliphatic carbocycles. The van der Waals surface area contributed by atoms with Gasteiger partial charge in [0, 0.05) is 13.0 Å². The molecule has 1 aliphatic heterocycles. The van der Waals surface area contributed by atoms with Gasteiger partial charge in [0.25, 0.3) is 0 Å². The number of amides is 1. The van der Waals surface area contributed by atoms with Gasteiger partial charge < -0.3 is 19.1 Å². The number of nitrogens with zero attached hydrogens (tertiary/aromatic N) is 1. The maximum absolute atomic E-state index is 12.7. The molecule has 1 heterocycles. The lowest BCUT2D eigenvalue weighted by atomic mass is 10.1. The Hall–Kier alpha value is -2.53. The van der Waals surface area contributed by atoms with Crippen LogP contribution in [0.1, 0.15) is 23.7 Å². The lowest BCUT2D eigenvalue weighted by molar-refractivity contribution is -0.139. The molecule has 1 saturated heterocycles. The molecule has 2 aromatic rings. The van der Waals surface area contributed by atoms with E-state index in [9.17, 15) is 4.79 Å². The van der Waals surface area contributed by atoms with Crippen molar-refractivity contribution in [2.45, 2.75) is 18.9 Å². The number of carbonyl (C=O) groups is 1. The first-order valence-corrected chi connectivity index (χ1v) is 8.86. The molecule has 0 saturated carbocycles. The first-order valence-electron chi connectivity index (χ1n) is 8.86. The molecule has 0 spiro atoms. The summed E-state index contributed by atoms with van der Waals surface area (Å²) in [6, 6.07) is 15.7. The highest BCUT2D eigenvalue weighted by atomic mass is 16.5. The first-order chi connectivity index (χ1) is 12.7. The van der Waals surface area contributed by atoms with Crippen molar-refractivity contribution in [3.8, 4) is 11.5 Å². The molecule has 1 fully saturated rings. The van der Waals surface area contributed by atoms with Crippen molar-refractivity contribution in [3.05, 3.63) is 59.7 Å². The fraction of sp³-hybridized carbons (Fsp3) is 0.381. The number of morpholine rings is 1. The summed E-state index contributed by atoms with van der Waals surface area (Å²) in [4.78, 5) is 14.6. The molecule has 2 aromatic carbocycles. The average molecular weight is 355 g/mol. The van der Waals surface area contributed by atoms with Crippen LogP contribution >= 0.6 is 0 Å². The van der Waals surface area contributed by atoms with E-state index in [-0.39, 0.29) is 12.0 Å². The molecule has 0 N–H and O–H groups in total. The van der Waals surface area contributed by atoms with Gasteiger partial charge in [0.1, 0.15) is 17.6 Å². The molecular weight excluding hydrogens is 330 g/mol. The maximum Gasteiger partial charge on any atom is 0.223 e. The SMILES string of the molecule is COc1ccc(OC)c(CCC(=O)N2CCOC(c3ccccc3)C2)c1. The van der Waals surface area contributed by atoms with Gasteiger partial charge in [-0.2, -0.15) is 0 Å². The van der Waals surface area contributed by atoms with E-state index in [1.54, 1.807) is 14.2 Å². The van der Waals surface area contributed by atoms with Gasteiger partial charge in [-0.25, -0.2) is 0 Å². The minimum Gasteiger partial charge on any atom is -0.497 e. The highest BCUT2D eigenvalue weighted by molar-refractivity contribution is 5.76. The van der Waals surface area contributed by atoms with E-state index >= 15 is 0 Å². The molecule has 1 aliphatic rings. The fourth-order valence-corrected chi connectivity index (χ4v) is 3.22. The second-order valence-electron chi connectivity index (χ2n) is 6.29. The van der Waals surface area contributed by atoms with Crippen LogP contribution in [-0.4, -0.2) is 44.7 Å². The van der Waals surface area contributed by atoms with E-state index in [0.717, 1.165) is 22.6 Å². The second kappa shape index (κ2) is 8.72. The van der Waals surface area contributed by atoms with Gasteiger partial charge in [-0.05, 0) is 35.7 Å². The summed E-state index contributed by atoms with van der Waals surface area (Å²) in [5.41, 5.74) is 2.09. The predicted octanol–water partition coefficient (Wildman–Crippen LogP) is 3.24. The van der Waals surface area contributed by atoms with E-state index in [1.807, 2.05) is 53.4 Å². The molecule has 26 heavy (non-hydrogen) atoms. The van der Waals surface area contributed by atoms with Crippen molar-refractivity contribution in [3.63, 3.8) is 0 Å². The lowest BCUT2D eigenvalue weighted by Crippen LogP contribution is -2.42. The molecule has 1 amide bonds. The Morgan fingerprint density at radius 1 is 1.15 bits per heavy atom. The lowest BCUT2D eigenvalue weighted by Gasteiger charge is -2.33. The van der Waals surface area contributed by atoms with Crippen molar-refractivity contribution in [1.29, 1.82) is 0 Å². The Labute approximate surface area is 154 Å². The Morgan fingerprint density at radius 2 is 1.96 bits per heavy atom. The molecule has 138 valence electrons. The molecule has 5 nitrogen and oxygen atoms in total. The van der Waals surface area contributed by atoms with Crippen molar-refractivity contribution in [2.24, 2.45) is 0 Å². The summed E-state index contributed by atoms with van der Waals surface area (Å²) in [6.07, 6.45) is 0.998. The Kier molecular flexibility index (Phi) is 6.12. The molecule has 0 bridgehead atoms. The summed E-state index contributed by atoms with van der Waals surface area (Å²) < 4.78 is 16.5. The van der Waals surface area contributed by atoms with Gasteiger partial charge in [0.15, 0.2) is 0 Å². The van der Waals surface area contributed by atoms with Crippen molar-refractivity contribution >= 4 is 5.91 Å². The zero-order valence-corrected chi connectivity index (χ0v) is 15.3. The normalized spacial score (nSPS) is 17.0. The smallest absolute Gasteiger partial charge is 0.223 e. The topological polar surface area (TPSA) is 48.0 Å².